The van der Waals surface area contributed by atoms with Gasteiger partial charge in [-0.2, -0.15) is 0 Å². The van der Waals surface area contributed by atoms with E-state index in [-0.39, 0.29) is 5.69 Å². The molecule has 0 saturated carbocycles. The van der Waals surface area contributed by atoms with Crippen LogP contribution >= 0.6 is 0 Å². The Morgan fingerprint density at radius 2 is 2.04 bits per heavy atom. The number of benzene rings is 1. The molecular weight excluding hydrogens is 307 g/mol. The highest BCUT2D eigenvalue weighted by Gasteiger charge is 2.24. The molecule has 0 aliphatic carbocycles. The first-order chi connectivity index (χ1) is 11.0. The molecule has 1 unspecified atom stereocenters. The van der Waals surface area contributed by atoms with E-state index < -0.39 is 24.6 Å². The van der Waals surface area contributed by atoms with Crippen molar-refractivity contribution in [3.63, 3.8) is 0 Å². The normalized spacial score (nSPS) is 11.8. The number of carbonyl (C=O) groups is 2. The van der Waals surface area contributed by atoms with Crippen molar-refractivity contribution >= 4 is 11.9 Å². The lowest BCUT2D eigenvalue weighted by Gasteiger charge is -2.09. The molecule has 23 heavy (non-hydrogen) atoms. The van der Waals surface area contributed by atoms with Crippen LogP contribution < -0.4 is 10.1 Å². The molecule has 1 heterocycles. The van der Waals surface area contributed by atoms with Crippen molar-refractivity contribution in [3.8, 4) is 11.4 Å². The second-order valence-corrected chi connectivity index (χ2v) is 4.65. The highest BCUT2D eigenvalue weighted by atomic mass is 19.1. The summed E-state index contributed by atoms with van der Waals surface area (Å²) in [5.74, 6) is -1.59. The Morgan fingerprint density at radius 3 is 2.57 bits per heavy atom. The van der Waals surface area contributed by atoms with E-state index in [2.05, 4.69) is 15.6 Å². The molecule has 2 rings (SSSR count). The van der Waals surface area contributed by atoms with E-state index in [1.54, 1.807) is 38.3 Å². The number of ether oxygens (including phenoxy) is 1. The van der Waals surface area contributed by atoms with Crippen molar-refractivity contribution < 1.29 is 23.8 Å². The Balaban J connectivity index is 2.24. The van der Waals surface area contributed by atoms with Crippen LogP contribution in [0.2, 0.25) is 0 Å². The summed E-state index contributed by atoms with van der Waals surface area (Å²) in [6.45, 7) is 0.386. The summed E-state index contributed by atoms with van der Waals surface area (Å²) >= 11 is 0. The molecule has 0 spiro atoms. The standard InChI is InChI=1S/C14H15FN4O4/c1-8-12(13(20)16-11(7-15)14(21)22)17-18-19(8)9-3-5-10(23-2)6-4-9/h3-6,11H,7H2,1-2H3,(H,16,20)(H,21,22). The topological polar surface area (TPSA) is 106 Å². The molecule has 122 valence electrons. The Labute approximate surface area is 130 Å². The van der Waals surface area contributed by atoms with Crippen molar-refractivity contribution in [2.24, 2.45) is 0 Å². The quantitative estimate of drug-likeness (QED) is 0.812. The molecule has 0 fully saturated rings. The van der Waals surface area contributed by atoms with Gasteiger partial charge in [0.1, 0.15) is 12.4 Å². The molecule has 1 atom stereocenters. The van der Waals surface area contributed by atoms with Gasteiger partial charge in [0.05, 0.1) is 18.5 Å². The number of hydrogen-bond acceptors (Lipinski definition) is 5. The molecular formula is C14H15FN4O4. The predicted molar refractivity (Wildman–Crippen MR) is 77.5 cm³/mol. The third kappa shape index (κ3) is 3.44. The average molecular weight is 322 g/mol. The van der Waals surface area contributed by atoms with Gasteiger partial charge >= 0.3 is 5.97 Å². The first-order valence-electron chi connectivity index (χ1n) is 6.64. The monoisotopic (exact) mass is 322 g/mol. The molecule has 0 bridgehead atoms. The number of aliphatic carboxylic acids is 1. The summed E-state index contributed by atoms with van der Waals surface area (Å²) in [6, 6.07) is 5.28. The third-order valence-electron chi connectivity index (χ3n) is 3.18. The summed E-state index contributed by atoms with van der Waals surface area (Å²) in [7, 11) is 1.54. The van der Waals surface area contributed by atoms with Crippen LogP contribution in [0.5, 0.6) is 5.75 Å². The summed E-state index contributed by atoms with van der Waals surface area (Å²) in [5, 5.41) is 18.4. The number of carboxylic acids is 1. The first-order valence-corrected chi connectivity index (χ1v) is 6.64. The minimum atomic E-state index is -1.62. The number of hydrogen-bond donors (Lipinski definition) is 2. The zero-order valence-corrected chi connectivity index (χ0v) is 12.5. The fraction of sp³-hybridized carbons (Fsp3) is 0.286. The van der Waals surface area contributed by atoms with Crippen molar-refractivity contribution in [1.29, 1.82) is 0 Å². The van der Waals surface area contributed by atoms with E-state index in [9.17, 15) is 14.0 Å². The fourth-order valence-electron chi connectivity index (χ4n) is 1.90. The van der Waals surface area contributed by atoms with Gasteiger partial charge in [0.25, 0.3) is 5.91 Å². The second-order valence-electron chi connectivity index (χ2n) is 4.65. The summed E-state index contributed by atoms with van der Waals surface area (Å²) in [4.78, 5) is 22.8. The van der Waals surface area contributed by atoms with Gasteiger partial charge < -0.3 is 15.2 Å². The summed E-state index contributed by atoms with van der Waals surface area (Å²) in [6.07, 6.45) is 0. The number of alkyl halides is 1. The van der Waals surface area contributed by atoms with Crippen LogP contribution in [0.4, 0.5) is 4.39 Å². The number of rotatable bonds is 6. The van der Waals surface area contributed by atoms with Gasteiger partial charge in [0, 0.05) is 0 Å². The lowest BCUT2D eigenvalue weighted by Crippen LogP contribution is -2.42. The minimum Gasteiger partial charge on any atom is -0.497 e. The van der Waals surface area contributed by atoms with Gasteiger partial charge in [0.15, 0.2) is 11.7 Å². The molecule has 1 aromatic carbocycles. The molecule has 1 aromatic heterocycles. The van der Waals surface area contributed by atoms with E-state index in [4.69, 9.17) is 9.84 Å². The van der Waals surface area contributed by atoms with Crippen LogP contribution in [0, 0.1) is 6.92 Å². The summed E-state index contributed by atoms with van der Waals surface area (Å²) < 4.78 is 19.1. The Morgan fingerprint density at radius 1 is 1.39 bits per heavy atom. The van der Waals surface area contributed by atoms with Crippen LogP contribution in [0.15, 0.2) is 24.3 Å². The summed E-state index contributed by atoms with van der Waals surface area (Å²) in [5.41, 5.74) is 0.978. The van der Waals surface area contributed by atoms with Gasteiger partial charge in [-0.15, -0.1) is 5.10 Å². The molecule has 9 heteroatoms. The smallest absolute Gasteiger partial charge is 0.328 e. The van der Waals surface area contributed by atoms with Crippen LogP contribution in [0.3, 0.4) is 0 Å². The molecule has 1 amide bonds. The fourth-order valence-corrected chi connectivity index (χ4v) is 1.90. The molecule has 0 aliphatic heterocycles. The maximum absolute atomic E-state index is 12.6. The first kappa shape index (κ1) is 16.4. The van der Waals surface area contributed by atoms with Gasteiger partial charge in [-0.1, -0.05) is 5.21 Å². The lowest BCUT2D eigenvalue weighted by molar-refractivity contribution is -0.139. The number of carbonyl (C=O) groups excluding carboxylic acids is 1. The van der Waals surface area contributed by atoms with E-state index in [0.29, 0.717) is 17.1 Å². The molecule has 0 aliphatic rings. The lowest BCUT2D eigenvalue weighted by atomic mass is 10.2. The van der Waals surface area contributed by atoms with E-state index in [1.807, 2.05) is 0 Å². The molecule has 0 radical (unpaired) electrons. The molecule has 2 aromatic rings. The number of carboxylic acid groups (broad SMARTS) is 1. The van der Waals surface area contributed by atoms with Crippen LogP contribution in [-0.2, 0) is 4.79 Å². The number of amides is 1. The molecule has 0 saturated heterocycles. The van der Waals surface area contributed by atoms with E-state index >= 15 is 0 Å². The Kier molecular flexibility index (Phi) is 4.89. The number of nitrogens with zero attached hydrogens (tertiary/aromatic N) is 3. The highest BCUT2D eigenvalue weighted by Crippen LogP contribution is 2.16. The van der Waals surface area contributed by atoms with Crippen molar-refractivity contribution in [3.05, 3.63) is 35.7 Å². The van der Waals surface area contributed by atoms with E-state index in [1.165, 1.54) is 4.68 Å². The van der Waals surface area contributed by atoms with Crippen LogP contribution in [0.1, 0.15) is 16.2 Å². The van der Waals surface area contributed by atoms with E-state index in [0.717, 1.165) is 0 Å². The van der Waals surface area contributed by atoms with Gasteiger partial charge in [0.2, 0.25) is 0 Å². The molecule has 8 nitrogen and oxygen atoms in total. The Hall–Kier alpha value is -2.97. The number of methoxy groups -OCH3 is 1. The highest BCUT2D eigenvalue weighted by molar-refractivity contribution is 5.95. The van der Waals surface area contributed by atoms with Gasteiger partial charge in [-0.3, -0.25) is 4.79 Å². The van der Waals surface area contributed by atoms with Crippen molar-refractivity contribution in [2.75, 3.05) is 13.8 Å². The second kappa shape index (κ2) is 6.86. The van der Waals surface area contributed by atoms with Crippen LogP contribution in [0.25, 0.3) is 5.69 Å². The molecule has 2 N–H and O–H groups in total. The van der Waals surface area contributed by atoms with Crippen molar-refractivity contribution in [1.82, 2.24) is 20.3 Å². The zero-order chi connectivity index (χ0) is 17.0. The predicted octanol–water partition coefficient (Wildman–Crippen LogP) is 0.737. The maximum atomic E-state index is 12.6. The zero-order valence-electron chi connectivity index (χ0n) is 12.5. The average Bonchev–Trinajstić information content (AvgIpc) is 2.93. The number of aromatic nitrogens is 3. The number of halogens is 1. The van der Waals surface area contributed by atoms with Crippen LogP contribution in [-0.4, -0.2) is 51.8 Å². The third-order valence-corrected chi connectivity index (χ3v) is 3.18. The van der Waals surface area contributed by atoms with Crippen molar-refractivity contribution in [2.45, 2.75) is 13.0 Å². The maximum Gasteiger partial charge on any atom is 0.328 e. The Bertz CT molecular complexity index is 714. The van der Waals surface area contributed by atoms with Gasteiger partial charge in [-0.25, -0.2) is 13.9 Å². The SMILES string of the molecule is COc1ccc(-n2nnc(C(=O)NC(CF)C(=O)O)c2C)cc1. The minimum absolute atomic E-state index is 0.0690. The van der Waals surface area contributed by atoms with Gasteiger partial charge in [-0.05, 0) is 31.2 Å². The number of nitrogens with one attached hydrogen (secondary N) is 1. The largest absolute Gasteiger partial charge is 0.497 e.